The zero-order valence-corrected chi connectivity index (χ0v) is 20.7. The maximum atomic E-state index is 12.8. The molecule has 2 heterocycles. The van der Waals surface area contributed by atoms with Crippen molar-refractivity contribution in [1.29, 1.82) is 0 Å². The predicted octanol–water partition coefficient (Wildman–Crippen LogP) is 4.98. The van der Waals surface area contributed by atoms with Gasteiger partial charge in [0.1, 0.15) is 12.1 Å². The van der Waals surface area contributed by atoms with Crippen LogP contribution in [0.15, 0.2) is 67.0 Å². The first-order chi connectivity index (χ1) is 17.6. The summed E-state index contributed by atoms with van der Waals surface area (Å²) in [5, 5.41) is 3.98. The number of nitrogens with one attached hydrogen (secondary N) is 1. The van der Waals surface area contributed by atoms with Gasteiger partial charge in [0.2, 0.25) is 0 Å². The number of ether oxygens (including phenoxy) is 2. The summed E-state index contributed by atoms with van der Waals surface area (Å²) in [5.74, 6) is 2.25. The lowest BCUT2D eigenvalue weighted by atomic mass is 10.0. The molecule has 1 N–H and O–H groups in total. The fraction of sp³-hybridized carbons (Fsp3) is 0.250. The molecule has 1 fully saturated rings. The molecule has 1 aliphatic heterocycles. The van der Waals surface area contributed by atoms with Crippen LogP contribution >= 0.6 is 0 Å². The molecule has 0 unspecified atom stereocenters. The molecular weight excluding hydrogens is 454 g/mol. The van der Waals surface area contributed by atoms with Crippen LogP contribution in [-0.4, -0.2) is 61.3 Å². The first-order valence-electron chi connectivity index (χ1n) is 11.9. The molecule has 4 aromatic rings. The van der Waals surface area contributed by atoms with Gasteiger partial charge in [-0.15, -0.1) is 0 Å². The molecule has 0 saturated carbocycles. The number of hydrogen-bond acceptors (Lipinski definition) is 6. The lowest BCUT2D eigenvalue weighted by molar-refractivity contribution is 0.208. The number of methoxy groups -OCH3 is 2. The van der Waals surface area contributed by atoms with Crippen LogP contribution in [-0.2, 0) is 0 Å². The zero-order valence-electron chi connectivity index (χ0n) is 20.7. The molecule has 36 heavy (non-hydrogen) atoms. The van der Waals surface area contributed by atoms with Gasteiger partial charge in [-0.1, -0.05) is 24.3 Å². The molecule has 8 nitrogen and oxygen atoms in total. The maximum Gasteiger partial charge on any atom is 0.321 e. The number of nitrogens with zero attached hydrogens (tertiary/aromatic N) is 4. The Bertz CT molecular complexity index is 1400. The summed E-state index contributed by atoms with van der Waals surface area (Å²) in [6.07, 6.45) is 1.60. The van der Waals surface area contributed by atoms with Crippen molar-refractivity contribution in [3.63, 3.8) is 0 Å². The molecule has 0 atom stereocenters. The fourth-order valence-corrected chi connectivity index (χ4v) is 4.54. The largest absolute Gasteiger partial charge is 0.493 e. The Morgan fingerprint density at radius 2 is 1.61 bits per heavy atom. The van der Waals surface area contributed by atoms with Crippen molar-refractivity contribution < 1.29 is 14.3 Å². The van der Waals surface area contributed by atoms with E-state index in [4.69, 9.17) is 9.47 Å². The van der Waals surface area contributed by atoms with Crippen molar-refractivity contribution in [3.05, 3.63) is 72.6 Å². The minimum absolute atomic E-state index is 0.0801. The molecule has 3 aromatic carbocycles. The van der Waals surface area contributed by atoms with E-state index in [1.165, 1.54) is 0 Å². The van der Waals surface area contributed by atoms with Gasteiger partial charge in [-0.25, -0.2) is 14.8 Å². The molecule has 0 bridgehead atoms. The number of anilines is 2. The first-order valence-corrected chi connectivity index (χ1v) is 11.9. The number of amides is 2. The second-order valence-corrected chi connectivity index (χ2v) is 8.77. The number of urea groups is 1. The molecule has 5 rings (SSSR count). The van der Waals surface area contributed by atoms with E-state index in [2.05, 4.69) is 26.3 Å². The van der Waals surface area contributed by atoms with E-state index in [1.54, 1.807) is 20.5 Å². The maximum absolute atomic E-state index is 12.8. The Balaban J connectivity index is 1.35. The molecule has 1 saturated heterocycles. The number of hydrogen-bond donors (Lipinski definition) is 1. The Morgan fingerprint density at radius 1 is 0.861 bits per heavy atom. The first kappa shape index (κ1) is 23.4. The van der Waals surface area contributed by atoms with Gasteiger partial charge in [0.15, 0.2) is 11.5 Å². The molecule has 0 aliphatic carbocycles. The van der Waals surface area contributed by atoms with E-state index in [-0.39, 0.29) is 6.03 Å². The second kappa shape index (κ2) is 10.1. The quantitative estimate of drug-likeness (QED) is 0.431. The van der Waals surface area contributed by atoms with Crippen molar-refractivity contribution in [3.8, 4) is 22.6 Å². The van der Waals surface area contributed by atoms with E-state index < -0.39 is 0 Å². The molecular formula is C28H29N5O3. The minimum atomic E-state index is -0.0801. The minimum Gasteiger partial charge on any atom is -0.493 e. The van der Waals surface area contributed by atoms with Gasteiger partial charge in [0.25, 0.3) is 0 Å². The van der Waals surface area contributed by atoms with Crippen molar-refractivity contribution in [2.45, 2.75) is 6.92 Å². The zero-order chi connectivity index (χ0) is 25.1. The molecule has 8 heteroatoms. The van der Waals surface area contributed by atoms with Crippen LogP contribution in [0.5, 0.6) is 11.5 Å². The summed E-state index contributed by atoms with van der Waals surface area (Å²) in [7, 11) is 3.26. The van der Waals surface area contributed by atoms with E-state index in [0.717, 1.165) is 39.1 Å². The number of aromatic nitrogens is 2. The average Bonchev–Trinajstić information content (AvgIpc) is 2.92. The smallest absolute Gasteiger partial charge is 0.321 e. The lowest BCUT2D eigenvalue weighted by Crippen LogP contribution is -2.50. The molecule has 1 aromatic heterocycles. The van der Waals surface area contributed by atoms with Crippen LogP contribution in [0.1, 0.15) is 5.56 Å². The van der Waals surface area contributed by atoms with Crippen LogP contribution < -0.4 is 19.7 Å². The van der Waals surface area contributed by atoms with Gasteiger partial charge in [0, 0.05) is 37.3 Å². The summed E-state index contributed by atoms with van der Waals surface area (Å²) >= 11 is 0. The highest BCUT2D eigenvalue weighted by atomic mass is 16.5. The second-order valence-electron chi connectivity index (χ2n) is 8.77. The standard InChI is InChI=1S/C28H29N5O3/c1-19-5-4-6-22(15-19)31-28(34)33-13-11-32(12-14-33)27-23-16-20(7-9-24(23)29-18-30-27)21-8-10-25(35-2)26(17-21)36-3/h4-10,15-18H,11-14H2,1-3H3,(H,31,34). The van der Waals surface area contributed by atoms with Crippen molar-refractivity contribution in [2.24, 2.45) is 0 Å². The van der Waals surface area contributed by atoms with Gasteiger partial charge in [-0.05, 0) is 60.0 Å². The summed E-state index contributed by atoms with van der Waals surface area (Å²) < 4.78 is 10.9. The van der Waals surface area contributed by atoms with Crippen LogP contribution in [0.4, 0.5) is 16.3 Å². The summed E-state index contributed by atoms with van der Waals surface area (Å²) in [6.45, 7) is 4.61. The van der Waals surface area contributed by atoms with Crippen LogP contribution in [0.25, 0.3) is 22.0 Å². The van der Waals surface area contributed by atoms with E-state index >= 15 is 0 Å². The number of piperazine rings is 1. The number of rotatable bonds is 5. The normalized spacial score (nSPS) is 13.5. The summed E-state index contributed by atoms with van der Waals surface area (Å²) in [4.78, 5) is 25.9. The molecule has 2 amide bonds. The van der Waals surface area contributed by atoms with Crippen molar-refractivity contribution >= 4 is 28.4 Å². The third-order valence-corrected chi connectivity index (χ3v) is 6.47. The topological polar surface area (TPSA) is 79.8 Å². The highest BCUT2D eigenvalue weighted by Crippen LogP contribution is 2.34. The number of benzene rings is 3. The molecule has 0 spiro atoms. The SMILES string of the molecule is COc1ccc(-c2ccc3ncnc(N4CCN(C(=O)Nc5cccc(C)c5)CC4)c3c2)cc1OC. The highest BCUT2D eigenvalue weighted by Gasteiger charge is 2.23. The molecule has 0 radical (unpaired) electrons. The number of aryl methyl sites for hydroxylation is 1. The predicted molar refractivity (Wildman–Crippen MR) is 142 cm³/mol. The Labute approximate surface area is 210 Å². The van der Waals surface area contributed by atoms with Crippen LogP contribution in [0.2, 0.25) is 0 Å². The van der Waals surface area contributed by atoms with Gasteiger partial charge in [-0.2, -0.15) is 0 Å². The summed E-state index contributed by atoms with van der Waals surface area (Å²) in [6, 6.07) is 19.8. The third-order valence-electron chi connectivity index (χ3n) is 6.47. The highest BCUT2D eigenvalue weighted by molar-refractivity contribution is 5.93. The lowest BCUT2D eigenvalue weighted by Gasteiger charge is -2.35. The van der Waals surface area contributed by atoms with Crippen molar-refractivity contribution in [2.75, 3.05) is 50.6 Å². The van der Waals surface area contributed by atoms with E-state index in [9.17, 15) is 4.79 Å². The van der Waals surface area contributed by atoms with Gasteiger partial charge >= 0.3 is 6.03 Å². The van der Waals surface area contributed by atoms with Crippen LogP contribution in [0.3, 0.4) is 0 Å². The summed E-state index contributed by atoms with van der Waals surface area (Å²) in [5.41, 5.74) is 4.86. The Hall–Kier alpha value is -4.33. The number of carbonyl (C=O) groups excluding carboxylic acids is 1. The Morgan fingerprint density at radius 3 is 2.36 bits per heavy atom. The average molecular weight is 484 g/mol. The van der Waals surface area contributed by atoms with Gasteiger partial charge in [0.05, 0.1) is 19.7 Å². The van der Waals surface area contributed by atoms with Gasteiger partial charge < -0.3 is 24.6 Å². The number of fused-ring (bicyclic) bond motifs is 1. The molecule has 184 valence electrons. The van der Waals surface area contributed by atoms with Crippen molar-refractivity contribution in [1.82, 2.24) is 14.9 Å². The van der Waals surface area contributed by atoms with Gasteiger partial charge in [-0.3, -0.25) is 0 Å². The number of carbonyl (C=O) groups is 1. The van der Waals surface area contributed by atoms with Crippen LogP contribution in [0, 0.1) is 6.92 Å². The fourth-order valence-electron chi connectivity index (χ4n) is 4.54. The molecule has 1 aliphatic rings. The van der Waals surface area contributed by atoms with E-state index in [0.29, 0.717) is 37.7 Å². The third kappa shape index (κ3) is 4.75. The Kier molecular flexibility index (Phi) is 6.58. The monoisotopic (exact) mass is 483 g/mol. The van der Waals surface area contributed by atoms with E-state index in [1.807, 2.05) is 66.4 Å².